The molecule has 4 heteroatoms. The molecule has 1 unspecified atom stereocenters. The molecule has 1 fully saturated rings. The number of carbonyl (C=O) groups excluding carboxylic acids is 1. The summed E-state index contributed by atoms with van der Waals surface area (Å²) in [5.41, 5.74) is 10.7. The zero-order chi connectivity index (χ0) is 14.2. The van der Waals surface area contributed by atoms with E-state index in [2.05, 4.69) is 37.8 Å². The van der Waals surface area contributed by atoms with Crippen LogP contribution in [0.1, 0.15) is 16.7 Å². The number of rotatable bonds is 2. The normalized spacial score (nSPS) is 20.1. The van der Waals surface area contributed by atoms with Crippen LogP contribution in [0, 0.1) is 20.8 Å². The Bertz CT molecular complexity index is 475. The number of likely N-dealkylation sites (N-methyl/N-ethyl adjacent to an activating group) is 1. The number of nitrogens with two attached hydrogens (primary N) is 1. The molecule has 0 aliphatic carbocycles. The number of hydrogen-bond donors (Lipinski definition) is 1. The van der Waals surface area contributed by atoms with Crippen molar-refractivity contribution in [2.75, 3.05) is 31.6 Å². The third-order valence-corrected chi connectivity index (χ3v) is 3.92. The third kappa shape index (κ3) is 2.59. The van der Waals surface area contributed by atoms with Gasteiger partial charge in [-0.25, -0.2) is 0 Å². The summed E-state index contributed by atoms with van der Waals surface area (Å²) < 4.78 is 0. The van der Waals surface area contributed by atoms with Crippen molar-refractivity contribution in [3.63, 3.8) is 0 Å². The fourth-order valence-electron chi connectivity index (χ4n) is 2.99. The van der Waals surface area contributed by atoms with Gasteiger partial charge in [0.05, 0.1) is 12.6 Å². The molecule has 1 amide bonds. The highest BCUT2D eigenvalue weighted by molar-refractivity contribution is 5.84. The van der Waals surface area contributed by atoms with E-state index in [1.807, 2.05) is 7.05 Å². The number of nitrogens with zero attached hydrogens (tertiary/aromatic N) is 2. The maximum atomic E-state index is 12.1. The Morgan fingerprint density at radius 2 is 1.84 bits per heavy atom. The molecule has 0 aromatic heterocycles. The minimum absolute atomic E-state index is 0.0985. The molecule has 0 bridgehead atoms. The fourth-order valence-corrected chi connectivity index (χ4v) is 2.99. The van der Waals surface area contributed by atoms with Gasteiger partial charge in [-0.05, 0) is 31.9 Å². The molecule has 1 aliphatic heterocycles. The van der Waals surface area contributed by atoms with Crippen LogP contribution in [0.5, 0.6) is 0 Å². The minimum atomic E-state index is 0.0985. The van der Waals surface area contributed by atoms with Gasteiger partial charge < -0.3 is 15.5 Å². The van der Waals surface area contributed by atoms with Crippen LogP contribution in [0.3, 0.4) is 0 Å². The smallest absolute Gasteiger partial charge is 0.242 e. The van der Waals surface area contributed by atoms with E-state index in [9.17, 15) is 4.79 Å². The quantitative estimate of drug-likeness (QED) is 0.871. The zero-order valence-electron chi connectivity index (χ0n) is 12.2. The van der Waals surface area contributed by atoms with Crippen LogP contribution in [0.2, 0.25) is 0 Å². The Kier molecular flexibility index (Phi) is 3.80. The molecule has 1 aliphatic rings. The van der Waals surface area contributed by atoms with E-state index in [-0.39, 0.29) is 11.9 Å². The average Bonchev–Trinajstić information content (AvgIpc) is 2.32. The number of benzene rings is 1. The predicted octanol–water partition coefficient (Wildman–Crippen LogP) is 1.22. The summed E-state index contributed by atoms with van der Waals surface area (Å²) in [5.74, 6) is 0.140. The van der Waals surface area contributed by atoms with Crippen LogP contribution in [0.25, 0.3) is 0 Å². The lowest BCUT2D eigenvalue weighted by Gasteiger charge is -2.40. The van der Waals surface area contributed by atoms with Crippen LogP contribution in [0.15, 0.2) is 12.1 Å². The highest BCUT2D eigenvalue weighted by Gasteiger charge is 2.30. The minimum Gasteiger partial charge on any atom is -0.360 e. The Hall–Kier alpha value is -1.55. The standard InChI is InChI=1S/C15H23N3O/c1-10-5-11(2)15(12(3)6-10)18-8-13(7-16)17(4)14(19)9-18/h5-6,13H,7-9,16H2,1-4H3. The van der Waals surface area contributed by atoms with Gasteiger partial charge >= 0.3 is 0 Å². The Morgan fingerprint density at radius 3 is 2.37 bits per heavy atom. The van der Waals surface area contributed by atoms with Crippen molar-refractivity contribution in [2.45, 2.75) is 26.8 Å². The lowest BCUT2D eigenvalue weighted by molar-refractivity contribution is -0.131. The van der Waals surface area contributed by atoms with E-state index in [0.717, 1.165) is 6.54 Å². The molecule has 1 heterocycles. The molecule has 0 radical (unpaired) electrons. The average molecular weight is 261 g/mol. The topological polar surface area (TPSA) is 49.6 Å². The lowest BCUT2D eigenvalue weighted by atomic mass is 10.0. The molecule has 19 heavy (non-hydrogen) atoms. The summed E-state index contributed by atoms with van der Waals surface area (Å²) in [6.07, 6.45) is 0. The van der Waals surface area contributed by atoms with Crippen LogP contribution in [-0.2, 0) is 4.79 Å². The van der Waals surface area contributed by atoms with Gasteiger partial charge in [-0.2, -0.15) is 0 Å². The van der Waals surface area contributed by atoms with Crippen molar-refractivity contribution in [3.8, 4) is 0 Å². The summed E-state index contributed by atoms with van der Waals surface area (Å²) in [6.45, 7) is 8.07. The van der Waals surface area contributed by atoms with Crippen molar-refractivity contribution in [3.05, 3.63) is 28.8 Å². The first-order valence-electron chi connectivity index (χ1n) is 6.72. The summed E-state index contributed by atoms with van der Waals surface area (Å²) >= 11 is 0. The number of hydrogen-bond acceptors (Lipinski definition) is 3. The maximum absolute atomic E-state index is 12.1. The van der Waals surface area contributed by atoms with Gasteiger partial charge in [-0.3, -0.25) is 4.79 Å². The van der Waals surface area contributed by atoms with Gasteiger partial charge in [0.15, 0.2) is 0 Å². The van der Waals surface area contributed by atoms with Crippen molar-refractivity contribution >= 4 is 11.6 Å². The van der Waals surface area contributed by atoms with Crippen molar-refractivity contribution in [2.24, 2.45) is 5.73 Å². The first kappa shape index (κ1) is 13.9. The van der Waals surface area contributed by atoms with Gasteiger partial charge in [0, 0.05) is 25.8 Å². The van der Waals surface area contributed by atoms with Crippen LogP contribution >= 0.6 is 0 Å². The highest BCUT2D eigenvalue weighted by Crippen LogP contribution is 2.28. The summed E-state index contributed by atoms with van der Waals surface area (Å²) in [7, 11) is 1.84. The number of aryl methyl sites for hydroxylation is 3. The van der Waals surface area contributed by atoms with Gasteiger partial charge in [0.25, 0.3) is 0 Å². The molecule has 0 spiro atoms. The summed E-state index contributed by atoms with van der Waals surface area (Å²) in [4.78, 5) is 16.0. The van der Waals surface area contributed by atoms with E-state index >= 15 is 0 Å². The van der Waals surface area contributed by atoms with E-state index in [4.69, 9.17) is 5.73 Å². The summed E-state index contributed by atoms with van der Waals surface area (Å²) in [6, 6.07) is 4.44. The Morgan fingerprint density at radius 1 is 1.26 bits per heavy atom. The molecule has 1 aromatic rings. The van der Waals surface area contributed by atoms with E-state index in [0.29, 0.717) is 13.1 Å². The molecule has 1 saturated heterocycles. The molecule has 1 aromatic carbocycles. The van der Waals surface area contributed by atoms with E-state index in [1.165, 1.54) is 22.4 Å². The highest BCUT2D eigenvalue weighted by atomic mass is 16.2. The second-order valence-corrected chi connectivity index (χ2v) is 5.52. The molecule has 1 atom stereocenters. The van der Waals surface area contributed by atoms with E-state index in [1.54, 1.807) is 4.90 Å². The Balaban J connectivity index is 2.35. The molecular formula is C15H23N3O. The number of piperazine rings is 1. The molecule has 0 saturated carbocycles. The van der Waals surface area contributed by atoms with Gasteiger partial charge in [-0.1, -0.05) is 17.7 Å². The van der Waals surface area contributed by atoms with Crippen LogP contribution in [0.4, 0.5) is 5.69 Å². The van der Waals surface area contributed by atoms with Crippen LogP contribution in [-0.4, -0.2) is 43.5 Å². The monoisotopic (exact) mass is 261 g/mol. The second-order valence-electron chi connectivity index (χ2n) is 5.52. The second kappa shape index (κ2) is 5.21. The number of carbonyl (C=O) groups is 1. The first-order valence-corrected chi connectivity index (χ1v) is 6.72. The van der Waals surface area contributed by atoms with E-state index < -0.39 is 0 Å². The Labute approximate surface area is 115 Å². The molecule has 104 valence electrons. The predicted molar refractivity (Wildman–Crippen MR) is 78.5 cm³/mol. The lowest BCUT2D eigenvalue weighted by Crippen LogP contribution is -2.57. The van der Waals surface area contributed by atoms with Gasteiger partial charge in [0.1, 0.15) is 0 Å². The molecule has 4 nitrogen and oxygen atoms in total. The molecule has 2 rings (SSSR count). The van der Waals surface area contributed by atoms with Crippen molar-refractivity contribution in [1.29, 1.82) is 0 Å². The van der Waals surface area contributed by atoms with Crippen LogP contribution < -0.4 is 10.6 Å². The number of anilines is 1. The van der Waals surface area contributed by atoms with Gasteiger partial charge in [-0.15, -0.1) is 0 Å². The largest absolute Gasteiger partial charge is 0.360 e. The van der Waals surface area contributed by atoms with Gasteiger partial charge in [0.2, 0.25) is 5.91 Å². The summed E-state index contributed by atoms with van der Waals surface area (Å²) in [5, 5.41) is 0. The number of amides is 1. The molecular weight excluding hydrogens is 238 g/mol. The third-order valence-electron chi connectivity index (χ3n) is 3.92. The van der Waals surface area contributed by atoms with Crippen molar-refractivity contribution < 1.29 is 4.79 Å². The first-order chi connectivity index (χ1) is 8.93. The maximum Gasteiger partial charge on any atom is 0.242 e. The molecule has 2 N–H and O–H groups in total. The van der Waals surface area contributed by atoms with Crippen molar-refractivity contribution in [1.82, 2.24) is 4.90 Å². The SMILES string of the molecule is Cc1cc(C)c(N2CC(=O)N(C)C(CN)C2)c(C)c1. The zero-order valence-corrected chi connectivity index (χ0v) is 12.2. The fraction of sp³-hybridized carbons (Fsp3) is 0.533.